The second-order valence-electron chi connectivity index (χ2n) is 4.35. The Balaban J connectivity index is 1.58. The van der Waals surface area contributed by atoms with Crippen molar-refractivity contribution in [2.24, 2.45) is 9.98 Å². The summed E-state index contributed by atoms with van der Waals surface area (Å²) in [7, 11) is 0. The summed E-state index contributed by atoms with van der Waals surface area (Å²) in [5.74, 6) is 0. The minimum atomic E-state index is 0.831. The molecule has 4 nitrogen and oxygen atoms in total. The summed E-state index contributed by atoms with van der Waals surface area (Å²) in [6.45, 7) is 1.66. The number of pyridine rings is 2. The Morgan fingerprint density at radius 3 is 1.70 bits per heavy atom. The second-order valence-corrected chi connectivity index (χ2v) is 4.35. The van der Waals surface area contributed by atoms with Gasteiger partial charge in [0, 0.05) is 61.4 Å². The lowest BCUT2D eigenvalue weighted by Gasteiger charge is -1.95. The molecule has 102 valence electrons. The van der Waals surface area contributed by atoms with Gasteiger partial charge in [-0.1, -0.05) is 12.1 Å². The Morgan fingerprint density at radius 1 is 0.800 bits per heavy atom. The zero-order valence-corrected chi connectivity index (χ0v) is 11.4. The Hall–Kier alpha value is -2.36. The molecule has 2 aromatic rings. The zero-order valence-electron chi connectivity index (χ0n) is 11.4. The lowest BCUT2D eigenvalue weighted by Crippen LogP contribution is -1.89. The molecule has 20 heavy (non-hydrogen) atoms. The van der Waals surface area contributed by atoms with Crippen LogP contribution in [0.3, 0.4) is 0 Å². The quantitative estimate of drug-likeness (QED) is 0.571. The number of aromatic nitrogens is 2. The van der Waals surface area contributed by atoms with Crippen molar-refractivity contribution >= 4 is 12.4 Å². The fourth-order valence-electron chi connectivity index (χ4n) is 1.65. The summed E-state index contributed by atoms with van der Waals surface area (Å²) >= 11 is 0. The lowest BCUT2D eigenvalue weighted by atomic mass is 10.3. The van der Waals surface area contributed by atoms with Crippen LogP contribution in [0.5, 0.6) is 0 Å². The topological polar surface area (TPSA) is 50.5 Å². The average molecular weight is 266 g/mol. The molecule has 0 atom stereocenters. The van der Waals surface area contributed by atoms with Crippen molar-refractivity contribution in [3.63, 3.8) is 0 Å². The first-order chi connectivity index (χ1) is 9.95. The van der Waals surface area contributed by atoms with E-state index in [1.165, 1.54) is 0 Å². The molecule has 0 amide bonds. The highest BCUT2D eigenvalue weighted by Gasteiger charge is 1.88. The van der Waals surface area contributed by atoms with Crippen LogP contribution in [-0.2, 0) is 0 Å². The molecule has 0 aromatic carbocycles. The molecule has 0 unspecified atom stereocenters. The molecule has 0 N–H and O–H groups in total. The van der Waals surface area contributed by atoms with Crippen LogP contribution in [0.1, 0.15) is 24.0 Å². The van der Waals surface area contributed by atoms with E-state index < -0.39 is 0 Å². The molecule has 0 aliphatic carbocycles. The van der Waals surface area contributed by atoms with Crippen LogP contribution in [0.4, 0.5) is 0 Å². The maximum Gasteiger partial charge on any atom is 0.0390 e. The largest absolute Gasteiger partial charge is 0.293 e. The standard InChI is InChI=1S/C16H18N4/c1(7-17-11-15-5-3-9-19-13-15)2-8-18-12-16-6-4-10-20-14-16/h3-6,9-14H,1-2,7-8H2. The molecule has 0 fully saturated rings. The van der Waals surface area contributed by atoms with E-state index >= 15 is 0 Å². The molecule has 0 spiro atoms. The van der Waals surface area contributed by atoms with Gasteiger partial charge in [0.15, 0.2) is 0 Å². The highest BCUT2D eigenvalue weighted by Crippen LogP contribution is 1.95. The van der Waals surface area contributed by atoms with Gasteiger partial charge in [-0.2, -0.15) is 0 Å². The van der Waals surface area contributed by atoms with E-state index in [-0.39, 0.29) is 0 Å². The normalized spacial score (nSPS) is 11.4. The van der Waals surface area contributed by atoms with Gasteiger partial charge in [0.2, 0.25) is 0 Å². The van der Waals surface area contributed by atoms with Crippen LogP contribution in [0.25, 0.3) is 0 Å². The number of nitrogens with zero attached hydrogens (tertiary/aromatic N) is 4. The van der Waals surface area contributed by atoms with Crippen LogP contribution < -0.4 is 0 Å². The van der Waals surface area contributed by atoms with E-state index in [0.29, 0.717) is 0 Å². The molecule has 0 aliphatic rings. The van der Waals surface area contributed by atoms with Crippen LogP contribution >= 0.6 is 0 Å². The fourth-order valence-corrected chi connectivity index (χ4v) is 1.65. The molecule has 0 saturated carbocycles. The molecule has 2 aromatic heterocycles. The predicted octanol–water partition coefficient (Wildman–Crippen LogP) is 2.79. The number of aliphatic imine (C=N–C) groups is 2. The van der Waals surface area contributed by atoms with Crippen molar-refractivity contribution in [2.75, 3.05) is 13.1 Å². The Kier molecular flexibility index (Phi) is 6.11. The minimum absolute atomic E-state index is 0.831. The van der Waals surface area contributed by atoms with E-state index in [2.05, 4.69) is 20.0 Å². The molecule has 0 radical (unpaired) electrons. The van der Waals surface area contributed by atoms with E-state index in [1.54, 1.807) is 12.4 Å². The van der Waals surface area contributed by atoms with E-state index in [9.17, 15) is 0 Å². The Morgan fingerprint density at radius 2 is 1.30 bits per heavy atom. The van der Waals surface area contributed by atoms with Crippen LogP contribution in [0, 0.1) is 0 Å². The van der Waals surface area contributed by atoms with Gasteiger partial charge in [-0.15, -0.1) is 0 Å². The summed E-state index contributed by atoms with van der Waals surface area (Å²) in [6.07, 6.45) is 13.0. The minimum Gasteiger partial charge on any atom is -0.293 e. The summed E-state index contributed by atoms with van der Waals surface area (Å²) in [6, 6.07) is 7.81. The fraction of sp³-hybridized carbons (Fsp3) is 0.250. The van der Waals surface area contributed by atoms with Crippen molar-refractivity contribution in [1.29, 1.82) is 0 Å². The third kappa shape index (κ3) is 5.52. The highest BCUT2D eigenvalue weighted by atomic mass is 14.7. The number of unbranched alkanes of at least 4 members (excludes halogenated alkanes) is 1. The zero-order chi connectivity index (χ0) is 13.9. The molecular formula is C16H18N4. The van der Waals surface area contributed by atoms with Gasteiger partial charge in [0.1, 0.15) is 0 Å². The average Bonchev–Trinajstić information content (AvgIpc) is 2.52. The van der Waals surface area contributed by atoms with E-state index in [4.69, 9.17) is 0 Å². The van der Waals surface area contributed by atoms with Gasteiger partial charge in [0.25, 0.3) is 0 Å². The van der Waals surface area contributed by atoms with Crippen LogP contribution in [0.15, 0.2) is 59.0 Å². The third-order valence-corrected chi connectivity index (χ3v) is 2.67. The third-order valence-electron chi connectivity index (χ3n) is 2.67. The van der Waals surface area contributed by atoms with Crippen molar-refractivity contribution in [1.82, 2.24) is 9.97 Å². The number of hydrogen-bond donors (Lipinski definition) is 0. The SMILES string of the molecule is C(=NCCCCN=Cc1cccnc1)c1cccnc1. The maximum atomic E-state index is 4.37. The molecule has 2 heterocycles. The van der Waals surface area contributed by atoms with Gasteiger partial charge in [-0.3, -0.25) is 20.0 Å². The predicted molar refractivity (Wildman–Crippen MR) is 82.6 cm³/mol. The Bertz CT molecular complexity index is 483. The van der Waals surface area contributed by atoms with Crippen molar-refractivity contribution < 1.29 is 0 Å². The van der Waals surface area contributed by atoms with Gasteiger partial charge in [-0.05, 0) is 25.0 Å². The molecular weight excluding hydrogens is 248 g/mol. The molecule has 2 rings (SSSR count). The van der Waals surface area contributed by atoms with Crippen LogP contribution in [0.2, 0.25) is 0 Å². The van der Waals surface area contributed by atoms with Gasteiger partial charge < -0.3 is 0 Å². The first kappa shape index (κ1) is 14.1. The van der Waals surface area contributed by atoms with Crippen molar-refractivity contribution in [3.8, 4) is 0 Å². The highest BCUT2D eigenvalue weighted by molar-refractivity contribution is 5.79. The maximum absolute atomic E-state index is 4.37. The van der Waals surface area contributed by atoms with E-state index in [0.717, 1.165) is 37.1 Å². The monoisotopic (exact) mass is 266 g/mol. The molecule has 4 heteroatoms. The Labute approximate surface area is 119 Å². The first-order valence-corrected chi connectivity index (χ1v) is 6.75. The molecule has 0 bridgehead atoms. The number of hydrogen-bond acceptors (Lipinski definition) is 4. The second kappa shape index (κ2) is 8.69. The smallest absolute Gasteiger partial charge is 0.0390 e. The molecule has 0 aliphatic heterocycles. The van der Waals surface area contributed by atoms with Gasteiger partial charge in [-0.25, -0.2) is 0 Å². The van der Waals surface area contributed by atoms with Crippen molar-refractivity contribution in [2.45, 2.75) is 12.8 Å². The van der Waals surface area contributed by atoms with Crippen LogP contribution in [-0.4, -0.2) is 35.5 Å². The summed E-state index contributed by atoms with van der Waals surface area (Å²) < 4.78 is 0. The van der Waals surface area contributed by atoms with E-state index in [1.807, 2.05) is 49.1 Å². The summed E-state index contributed by atoms with van der Waals surface area (Å²) in [5, 5.41) is 0. The number of rotatable bonds is 7. The first-order valence-electron chi connectivity index (χ1n) is 6.75. The summed E-state index contributed by atoms with van der Waals surface area (Å²) in [4.78, 5) is 16.8. The van der Waals surface area contributed by atoms with Gasteiger partial charge >= 0.3 is 0 Å². The van der Waals surface area contributed by atoms with Gasteiger partial charge in [0.05, 0.1) is 0 Å². The lowest BCUT2D eigenvalue weighted by molar-refractivity contribution is 0.760. The molecule has 0 saturated heterocycles. The summed E-state index contributed by atoms with van der Waals surface area (Å²) in [5.41, 5.74) is 2.09. The van der Waals surface area contributed by atoms with Crippen molar-refractivity contribution in [3.05, 3.63) is 60.2 Å².